The van der Waals surface area contributed by atoms with Gasteiger partial charge in [-0.1, -0.05) is 121 Å². The molecule has 0 saturated carbocycles. The van der Waals surface area contributed by atoms with Crippen molar-refractivity contribution in [2.75, 3.05) is 10.8 Å². The smallest absolute Gasteiger partial charge is 0.0843 e. The first-order valence-corrected chi connectivity index (χ1v) is 22.8. The molecule has 0 aliphatic heterocycles. The number of aromatic nitrogens is 2. The zero-order chi connectivity index (χ0) is 40.7. The standard InChI is InChI=1S/C56H48N4S/c1-57-55-45(39-28-32-43(33-29-39)59-51-24-12-8-20-47(51)48-21-9-13-25-52(48)59)36-37-46(56(55)61-38-58(41-16-4-2-5-17-41)42-18-6-3-7-19-42)40-30-34-44(35-31-40)60-53-26-14-10-22-49(53)50-23-11-15-27-54(50)60/h2-8,10,12-14,16-20,22,24-26,28-32,34-37,43H,1,9,11,15,21,23,27,33,38H2. The molecule has 61 heavy (non-hydrogen) atoms. The van der Waals surface area contributed by atoms with Gasteiger partial charge in [0.25, 0.3) is 0 Å². The number of hydrogen-bond donors (Lipinski definition) is 0. The molecule has 0 amide bonds. The largest absolute Gasteiger partial charge is 0.333 e. The summed E-state index contributed by atoms with van der Waals surface area (Å²) in [6.07, 6.45) is 19.7. The van der Waals surface area contributed by atoms with Crippen LogP contribution in [0.1, 0.15) is 59.8 Å². The number of para-hydroxylation sites is 4. The Bertz CT molecular complexity index is 2980. The van der Waals surface area contributed by atoms with Crippen LogP contribution in [0.25, 0.3) is 50.3 Å². The quantitative estimate of drug-likeness (QED) is 0.0781. The molecular formula is C56H48N4S. The second-order valence-corrected chi connectivity index (χ2v) is 17.4. The maximum atomic E-state index is 4.88. The summed E-state index contributed by atoms with van der Waals surface area (Å²) < 4.78 is 5.07. The first-order chi connectivity index (χ1) is 30.2. The van der Waals surface area contributed by atoms with E-state index >= 15 is 0 Å². The van der Waals surface area contributed by atoms with Crippen LogP contribution >= 0.6 is 11.8 Å². The van der Waals surface area contributed by atoms with Gasteiger partial charge in [0.2, 0.25) is 0 Å². The van der Waals surface area contributed by atoms with Crippen molar-refractivity contribution in [2.24, 2.45) is 4.99 Å². The van der Waals surface area contributed by atoms with Gasteiger partial charge in [-0.15, -0.1) is 11.8 Å². The lowest BCUT2D eigenvalue weighted by atomic mass is 9.93. The van der Waals surface area contributed by atoms with Gasteiger partial charge in [-0.25, -0.2) is 0 Å². The Balaban J connectivity index is 0.986. The minimum atomic E-state index is 0.236. The van der Waals surface area contributed by atoms with Crippen molar-refractivity contribution >= 4 is 69.0 Å². The van der Waals surface area contributed by atoms with Gasteiger partial charge >= 0.3 is 0 Å². The van der Waals surface area contributed by atoms with Crippen LogP contribution in [0.4, 0.5) is 17.1 Å². The molecule has 2 heterocycles. The van der Waals surface area contributed by atoms with E-state index in [4.69, 9.17) is 4.99 Å². The third kappa shape index (κ3) is 6.68. The molecule has 0 fully saturated rings. The number of aryl methyl sites for hydroxylation is 2. The summed E-state index contributed by atoms with van der Waals surface area (Å²) in [6, 6.07) is 53.3. The lowest BCUT2D eigenvalue weighted by Crippen LogP contribution is -2.16. The average molecular weight is 809 g/mol. The van der Waals surface area contributed by atoms with Crippen molar-refractivity contribution in [3.63, 3.8) is 0 Å². The van der Waals surface area contributed by atoms with Gasteiger partial charge in [0.1, 0.15) is 0 Å². The Morgan fingerprint density at radius 3 is 2.05 bits per heavy atom. The van der Waals surface area contributed by atoms with E-state index < -0.39 is 0 Å². The van der Waals surface area contributed by atoms with E-state index in [0.29, 0.717) is 5.88 Å². The number of aliphatic imine (C=N–C) groups is 1. The predicted molar refractivity (Wildman–Crippen MR) is 260 cm³/mol. The molecule has 4 nitrogen and oxygen atoms in total. The first-order valence-electron chi connectivity index (χ1n) is 21.8. The third-order valence-corrected chi connectivity index (χ3v) is 14.1. The summed E-state index contributed by atoms with van der Waals surface area (Å²) >= 11 is 1.83. The number of hydrogen-bond acceptors (Lipinski definition) is 3. The molecule has 8 aromatic rings. The zero-order valence-electron chi connectivity index (χ0n) is 34.4. The number of allylic oxidation sites excluding steroid dienone is 5. The minimum absolute atomic E-state index is 0.236. The molecule has 3 aliphatic carbocycles. The SMILES string of the molecule is C=Nc1c(C2=CCC(n3c4c(c5ccccc53)CCC=C4)C=C2)ccc(-c2ccc(-n3c4c(c5ccccc53)CCCC4)cc2)c1SCN(c1ccccc1)c1ccccc1. The summed E-state index contributed by atoms with van der Waals surface area (Å²) in [7, 11) is 0. The van der Waals surface area contributed by atoms with Crippen LogP contribution in [0.3, 0.4) is 0 Å². The van der Waals surface area contributed by atoms with Crippen molar-refractivity contribution in [3.05, 3.63) is 198 Å². The lowest BCUT2D eigenvalue weighted by molar-refractivity contribution is 0.622. The zero-order valence-corrected chi connectivity index (χ0v) is 35.2. The maximum Gasteiger partial charge on any atom is 0.0843 e. The molecule has 0 spiro atoms. The van der Waals surface area contributed by atoms with E-state index in [1.165, 1.54) is 79.5 Å². The van der Waals surface area contributed by atoms with Crippen LogP contribution in [-0.4, -0.2) is 21.7 Å². The number of nitrogens with zero attached hydrogens (tertiary/aromatic N) is 4. The first kappa shape index (κ1) is 37.4. The Hall–Kier alpha value is -6.56. The highest BCUT2D eigenvalue weighted by molar-refractivity contribution is 7.99. The van der Waals surface area contributed by atoms with E-state index in [0.717, 1.165) is 59.6 Å². The topological polar surface area (TPSA) is 25.5 Å². The van der Waals surface area contributed by atoms with Gasteiger partial charge in [-0.05, 0) is 134 Å². The summed E-state index contributed by atoms with van der Waals surface area (Å²) in [6.45, 7) is 4.24. The fraction of sp³-hybridized carbons (Fsp3) is 0.161. The molecule has 0 saturated heterocycles. The van der Waals surface area contributed by atoms with E-state index in [1.807, 2.05) is 11.8 Å². The van der Waals surface area contributed by atoms with Gasteiger partial charge in [-0.2, -0.15) is 0 Å². The molecule has 5 heteroatoms. The second-order valence-electron chi connectivity index (χ2n) is 16.4. The van der Waals surface area contributed by atoms with E-state index in [9.17, 15) is 0 Å². The molecular weight excluding hydrogens is 761 g/mol. The van der Waals surface area contributed by atoms with Crippen molar-refractivity contribution in [1.82, 2.24) is 9.13 Å². The van der Waals surface area contributed by atoms with Crippen LogP contribution in [0, 0.1) is 0 Å². The van der Waals surface area contributed by atoms with Crippen LogP contribution in [0.2, 0.25) is 0 Å². The van der Waals surface area contributed by atoms with E-state index in [1.54, 1.807) is 0 Å². The molecule has 11 rings (SSSR count). The minimum Gasteiger partial charge on any atom is -0.333 e. The summed E-state index contributed by atoms with van der Waals surface area (Å²) in [5.74, 6) is 0.697. The lowest BCUT2D eigenvalue weighted by Gasteiger charge is -2.26. The summed E-state index contributed by atoms with van der Waals surface area (Å²) in [4.78, 5) is 8.40. The van der Waals surface area contributed by atoms with Crippen molar-refractivity contribution < 1.29 is 0 Å². The van der Waals surface area contributed by atoms with E-state index in [2.05, 4.69) is 197 Å². The van der Waals surface area contributed by atoms with Crippen LogP contribution < -0.4 is 4.90 Å². The maximum absolute atomic E-state index is 4.88. The molecule has 0 radical (unpaired) electrons. The number of benzene rings is 6. The molecule has 0 N–H and O–H groups in total. The summed E-state index contributed by atoms with van der Waals surface area (Å²) in [5.41, 5.74) is 17.5. The predicted octanol–water partition coefficient (Wildman–Crippen LogP) is 14.9. The van der Waals surface area contributed by atoms with Crippen molar-refractivity contribution in [1.29, 1.82) is 0 Å². The Morgan fingerprint density at radius 2 is 1.33 bits per heavy atom. The number of anilines is 2. The van der Waals surface area contributed by atoms with Gasteiger partial charge in [0, 0.05) is 55.2 Å². The normalized spacial score (nSPS) is 15.7. The van der Waals surface area contributed by atoms with Crippen LogP contribution in [-0.2, 0) is 19.3 Å². The highest BCUT2D eigenvalue weighted by Gasteiger charge is 2.25. The number of thioether (sulfide) groups is 1. The number of fused-ring (bicyclic) bond motifs is 6. The van der Waals surface area contributed by atoms with Crippen LogP contribution in [0.5, 0.6) is 0 Å². The molecule has 298 valence electrons. The number of rotatable bonds is 10. The van der Waals surface area contributed by atoms with Gasteiger partial charge in [0.15, 0.2) is 0 Å². The Morgan fingerprint density at radius 1 is 0.656 bits per heavy atom. The second kappa shape index (κ2) is 16.1. The molecule has 1 unspecified atom stereocenters. The Labute approximate surface area is 362 Å². The molecule has 1 atom stereocenters. The molecule has 0 bridgehead atoms. The van der Waals surface area contributed by atoms with Crippen LogP contribution in [0.15, 0.2) is 180 Å². The van der Waals surface area contributed by atoms with Gasteiger partial charge < -0.3 is 14.0 Å². The third-order valence-electron chi connectivity index (χ3n) is 13.0. The van der Waals surface area contributed by atoms with Crippen molar-refractivity contribution in [3.8, 4) is 16.8 Å². The summed E-state index contributed by atoms with van der Waals surface area (Å²) in [5, 5.41) is 2.78. The fourth-order valence-electron chi connectivity index (χ4n) is 10.1. The molecule has 2 aromatic heterocycles. The van der Waals surface area contributed by atoms with Gasteiger partial charge in [-0.3, -0.25) is 4.99 Å². The average Bonchev–Trinajstić information content (AvgIpc) is 3.85. The fourth-order valence-corrected chi connectivity index (χ4v) is 11.3. The highest BCUT2D eigenvalue weighted by atomic mass is 32.2. The monoisotopic (exact) mass is 808 g/mol. The van der Waals surface area contributed by atoms with Gasteiger partial charge in [0.05, 0.1) is 23.1 Å². The molecule has 3 aliphatic rings. The highest BCUT2D eigenvalue weighted by Crippen LogP contribution is 2.47. The molecule has 6 aromatic carbocycles. The van der Waals surface area contributed by atoms with E-state index in [-0.39, 0.29) is 6.04 Å². The van der Waals surface area contributed by atoms with Crippen molar-refractivity contribution in [2.45, 2.75) is 55.9 Å². The Kier molecular flexibility index (Phi) is 9.90.